The Morgan fingerprint density at radius 1 is 1.42 bits per heavy atom. The van der Waals surface area contributed by atoms with Gasteiger partial charge in [0.1, 0.15) is 0 Å². The zero-order chi connectivity index (χ0) is 14.3. The van der Waals surface area contributed by atoms with Crippen molar-refractivity contribution in [3.63, 3.8) is 0 Å². The maximum absolute atomic E-state index is 12.0. The van der Waals surface area contributed by atoms with Gasteiger partial charge in [-0.2, -0.15) is 0 Å². The molecular formula is C15H22N2OS. The minimum absolute atomic E-state index is 0.0201. The summed E-state index contributed by atoms with van der Waals surface area (Å²) in [6.45, 7) is 6.76. The first-order valence-corrected chi connectivity index (χ1v) is 7.49. The van der Waals surface area contributed by atoms with Gasteiger partial charge < -0.3 is 11.1 Å². The summed E-state index contributed by atoms with van der Waals surface area (Å²) in [5.41, 5.74) is 6.00. The number of hydrogen-bond acceptors (Lipinski definition) is 3. The van der Waals surface area contributed by atoms with E-state index >= 15 is 0 Å². The Labute approximate surface area is 119 Å². The molecule has 19 heavy (non-hydrogen) atoms. The maximum atomic E-state index is 12.0. The largest absolute Gasteiger partial charge is 0.350 e. The number of carbonyl (C=O) groups excluding carboxylic acids is 1. The Bertz CT molecular complexity index is 468. The lowest BCUT2D eigenvalue weighted by atomic mass is 10.0. The van der Waals surface area contributed by atoms with Gasteiger partial charge in [-0.15, -0.1) is 11.3 Å². The molecule has 0 aliphatic carbocycles. The van der Waals surface area contributed by atoms with Crippen molar-refractivity contribution >= 4 is 17.2 Å². The van der Waals surface area contributed by atoms with Crippen LogP contribution in [0.15, 0.2) is 11.4 Å². The van der Waals surface area contributed by atoms with Gasteiger partial charge in [0.25, 0.3) is 5.91 Å². The summed E-state index contributed by atoms with van der Waals surface area (Å²) in [5.74, 6) is 6.37. The van der Waals surface area contributed by atoms with E-state index < -0.39 is 0 Å². The van der Waals surface area contributed by atoms with Gasteiger partial charge in [0, 0.05) is 11.4 Å². The minimum atomic E-state index is -0.0201. The molecule has 1 heterocycles. The van der Waals surface area contributed by atoms with Crippen molar-refractivity contribution in [2.45, 2.75) is 39.7 Å². The molecular weight excluding hydrogens is 256 g/mol. The number of rotatable bonds is 5. The molecule has 3 nitrogen and oxygen atoms in total. The fraction of sp³-hybridized carbons (Fsp3) is 0.533. The Hall–Kier alpha value is -1.31. The molecule has 0 radical (unpaired) electrons. The van der Waals surface area contributed by atoms with Gasteiger partial charge in [-0.3, -0.25) is 4.79 Å². The van der Waals surface area contributed by atoms with Crippen molar-refractivity contribution in [3.8, 4) is 11.8 Å². The van der Waals surface area contributed by atoms with Crippen molar-refractivity contribution in [1.82, 2.24) is 5.32 Å². The summed E-state index contributed by atoms with van der Waals surface area (Å²) >= 11 is 1.47. The molecule has 0 bridgehead atoms. The first kappa shape index (κ1) is 15.7. The number of hydrogen-bond donors (Lipinski definition) is 2. The molecule has 1 aromatic heterocycles. The van der Waals surface area contributed by atoms with Crippen LogP contribution in [-0.4, -0.2) is 18.5 Å². The normalized spacial score (nSPS) is 11.8. The third-order valence-corrected chi connectivity index (χ3v) is 3.58. The highest BCUT2D eigenvalue weighted by molar-refractivity contribution is 7.10. The van der Waals surface area contributed by atoms with E-state index in [0.29, 0.717) is 18.0 Å². The molecule has 1 aromatic rings. The highest BCUT2D eigenvalue weighted by atomic mass is 32.1. The van der Waals surface area contributed by atoms with Crippen molar-refractivity contribution in [2.24, 2.45) is 11.7 Å². The summed E-state index contributed by atoms with van der Waals surface area (Å²) in [7, 11) is 0. The number of carbonyl (C=O) groups is 1. The van der Waals surface area contributed by atoms with E-state index in [0.717, 1.165) is 17.7 Å². The molecule has 0 saturated carbocycles. The third kappa shape index (κ3) is 5.91. The smallest absolute Gasteiger partial charge is 0.252 e. The summed E-state index contributed by atoms with van der Waals surface area (Å²) in [4.78, 5) is 12.9. The van der Waals surface area contributed by atoms with Crippen LogP contribution in [0.3, 0.4) is 0 Å². The molecule has 1 atom stereocenters. The van der Waals surface area contributed by atoms with Crippen molar-refractivity contribution in [1.29, 1.82) is 0 Å². The van der Waals surface area contributed by atoms with Crippen molar-refractivity contribution in [2.75, 3.05) is 6.54 Å². The molecule has 1 amide bonds. The van der Waals surface area contributed by atoms with E-state index in [1.54, 1.807) is 0 Å². The van der Waals surface area contributed by atoms with Gasteiger partial charge in [0.2, 0.25) is 0 Å². The fourth-order valence-electron chi connectivity index (χ4n) is 1.62. The second kappa shape index (κ2) is 7.98. The van der Waals surface area contributed by atoms with Crippen molar-refractivity contribution in [3.05, 3.63) is 21.9 Å². The van der Waals surface area contributed by atoms with Gasteiger partial charge in [-0.25, -0.2) is 0 Å². The average molecular weight is 278 g/mol. The highest BCUT2D eigenvalue weighted by Crippen LogP contribution is 2.14. The monoisotopic (exact) mass is 278 g/mol. The zero-order valence-corrected chi connectivity index (χ0v) is 12.6. The lowest BCUT2D eigenvalue weighted by Gasteiger charge is -2.14. The topological polar surface area (TPSA) is 55.1 Å². The highest BCUT2D eigenvalue weighted by Gasteiger charge is 2.11. The van der Waals surface area contributed by atoms with Crippen LogP contribution in [0.4, 0.5) is 0 Å². The summed E-state index contributed by atoms with van der Waals surface area (Å²) in [6, 6.07) is 2.02. The molecule has 1 unspecified atom stereocenters. The second-order valence-electron chi connectivity index (χ2n) is 5.05. The Morgan fingerprint density at radius 2 is 2.16 bits per heavy atom. The second-order valence-corrected chi connectivity index (χ2v) is 5.96. The predicted molar refractivity (Wildman–Crippen MR) is 81.3 cm³/mol. The SMILES string of the molecule is CC(C)CCC(C)NC(=O)c1csc(C#CCN)c1. The number of nitrogens with one attached hydrogen (secondary N) is 1. The summed E-state index contributed by atoms with van der Waals surface area (Å²) < 4.78 is 0. The number of thiophene rings is 1. The first-order chi connectivity index (χ1) is 9.02. The lowest BCUT2D eigenvalue weighted by Crippen LogP contribution is -2.32. The molecule has 0 aromatic carbocycles. The van der Waals surface area contributed by atoms with Crippen LogP contribution >= 0.6 is 11.3 Å². The molecule has 104 valence electrons. The summed E-state index contributed by atoms with van der Waals surface area (Å²) in [6.07, 6.45) is 2.13. The van der Waals surface area contributed by atoms with Crippen LogP contribution in [0, 0.1) is 17.8 Å². The van der Waals surface area contributed by atoms with E-state index in [9.17, 15) is 4.79 Å². The predicted octanol–water partition coefficient (Wildman–Crippen LogP) is 2.61. The zero-order valence-electron chi connectivity index (χ0n) is 11.8. The van der Waals surface area contributed by atoms with Gasteiger partial charge in [0.05, 0.1) is 17.0 Å². The molecule has 1 rings (SSSR count). The van der Waals surface area contributed by atoms with Crippen LogP contribution in [0.2, 0.25) is 0 Å². The van der Waals surface area contributed by atoms with Crippen LogP contribution in [-0.2, 0) is 0 Å². The van der Waals surface area contributed by atoms with E-state index in [1.165, 1.54) is 11.3 Å². The third-order valence-electron chi connectivity index (χ3n) is 2.73. The molecule has 0 spiro atoms. The van der Waals surface area contributed by atoms with Crippen LogP contribution in [0.5, 0.6) is 0 Å². The molecule has 3 N–H and O–H groups in total. The minimum Gasteiger partial charge on any atom is -0.350 e. The Morgan fingerprint density at radius 3 is 2.79 bits per heavy atom. The van der Waals surface area contributed by atoms with Gasteiger partial charge in [-0.1, -0.05) is 25.7 Å². The molecule has 0 aliphatic heterocycles. The van der Waals surface area contributed by atoms with E-state index in [2.05, 4.69) is 31.0 Å². The van der Waals surface area contributed by atoms with Crippen LogP contribution in [0.1, 0.15) is 48.8 Å². The average Bonchev–Trinajstić information content (AvgIpc) is 2.82. The van der Waals surface area contributed by atoms with E-state index in [4.69, 9.17) is 5.73 Å². The van der Waals surface area contributed by atoms with Crippen LogP contribution in [0.25, 0.3) is 0 Å². The Kier molecular flexibility index (Phi) is 6.61. The number of amides is 1. The lowest BCUT2D eigenvalue weighted by molar-refractivity contribution is 0.0937. The van der Waals surface area contributed by atoms with Crippen molar-refractivity contribution < 1.29 is 4.79 Å². The molecule has 4 heteroatoms. The molecule has 0 aliphatic rings. The quantitative estimate of drug-likeness (QED) is 0.813. The number of nitrogens with two attached hydrogens (primary N) is 1. The standard InChI is InChI=1S/C15H22N2OS/c1-11(2)6-7-12(3)17-15(18)13-9-14(19-10-13)5-4-8-16/h9-12H,6-8,16H2,1-3H3,(H,17,18). The Balaban J connectivity index is 2.51. The van der Waals surface area contributed by atoms with Gasteiger partial charge in [-0.05, 0) is 31.7 Å². The van der Waals surface area contributed by atoms with Crippen LogP contribution < -0.4 is 11.1 Å². The summed E-state index contributed by atoms with van der Waals surface area (Å²) in [5, 5.41) is 4.85. The van der Waals surface area contributed by atoms with Gasteiger partial charge in [0.15, 0.2) is 0 Å². The van der Waals surface area contributed by atoms with E-state index in [-0.39, 0.29) is 11.9 Å². The van der Waals surface area contributed by atoms with E-state index in [1.807, 2.05) is 18.4 Å². The first-order valence-electron chi connectivity index (χ1n) is 6.61. The molecule has 0 saturated heterocycles. The molecule has 0 fully saturated rings. The fourth-order valence-corrected chi connectivity index (χ4v) is 2.38. The van der Waals surface area contributed by atoms with Gasteiger partial charge >= 0.3 is 0 Å². The maximum Gasteiger partial charge on any atom is 0.252 e.